The van der Waals surface area contributed by atoms with E-state index in [9.17, 15) is 9.59 Å². The first-order valence-corrected chi connectivity index (χ1v) is 10.3. The number of likely N-dealkylation sites (tertiary alicyclic amines) is 1. The normalized spacial score (nSPS) is 16.7. The summed E-state index contributed by atoms with van der Waals surface area (Å²) >= 11 is 0. The van der Waals surface area contributed by atoms with Crippen molar-refractivity contribution < 1.29 is 4.79 Å². The van der Waals surface area contributed by atoms with Crippen LogP contribution >= 0.6 is 0 Å². The highest BCUT2D eigenvalue weighted by Gasteiger charge is 2.27. The van der Waals surface area contributed by atoms with Gasteiger partial charge in [-0.05, 0) is 36.1 Å². The lowest BCUT2D eigenvalue weighted by Crippen LogP contribution is -2.34. The summed E-state index contributed by atoms with van der Waals surface area (Å²) in [4.78, 5) is 31.4. The second kappa shape index (κ2) is 8.55. The van der Waals surface area contributed by atoms with Crippen molar-refractivity contribution in [3.05, 3.63) is 64.6 Å². The summed E-state index contributed by atoms with van der Waals surface area (Å²) in [7, 11) is 3.60. The van der Waals surface area contributed by atoms with E-state index in [2.05, 4.69) is 15.6 Å². The highest BCUT2D eigenvalue weighted by Crippen LogP contribution is 2.22. The molecule has 0 radical (unpaired) electrons. The number of fused-ring (bicyclic) bond motifs is 2. The minimum Gasteiger partial charge on any atom is -0.393 e. The lowest BCUT2D eigenvalue weighted by molar-refractivity contribution is -0.127. The fourth-order valence-electron chi connectivity index (χ4n) is 3.97. The number of rotatable bonds is 6. The predicted molar refractivity (Wildman–Crippen MR) is 126 cm³/mol. The van der Waals surface area contributed by atoms with Crippen molar-refractivity contribution in [2.75, 3.05) is 26.0 Å². The molecule has 2 heterocycles. The molecule has 1 fully saturated rings. The molecule has 7 heteroatoms. The number of aromatic nitrogens is 1. The van der Waals surface area contributed by atoms with Gasteiger partial charge in [0.2, 0.25) is 5.91 Å². The summed E-state index contributed by atoms with van der Waals surface area (Å²) in [6, 6.07) is 11.4. The second-order valence-electron chi connectivity index (χ2n) is 7.73. The van der Waals surface area contributed by atoms with E-state index in [0.29, 0.717) is 40.4 Å². The summed E-state index contributed by atoms with van der Waals surface area (Å²) in [5, 5.41) is 15.9. The Bertz CT molecular complexity index is 1270. The first-order valence-electron chi connectivity index (χ1n) is 10.3. The van der Waals surface area contributed by atoms with Crippen LogP contribution in [0.2, 0.25) is 0 Å². The average Bonchev–Trinajstić information content (AvgIpc) is 3.04. The summed E-state index contributed by atoms with van der Waals surface area (Å²) in [5.41, 5.74) is 2.70. The number of pyridine rings is 1. The highest BCUT2D eigenvalue weighted by atomic mass is 16.2. The lowest BCUT2D eigenvalue weighted by Gasteiger charge is -2.20. The molecule has 3 N–H and O–H groups in total. The maximum Gasteiger partial charge on any atom is 0.222 e. The van der Waals surface area contributed by atoms with E-state index in [1.165, 1.54) is 6.21 Å². The van der Waals surface area contributed by atoms with Gasteiger partial charge in [-0.25, -0.2) is 0 Å². The SMILES string of the molecule is CN/C=C(\C=N)c1cnc2ccc3ccc(NCC4CCC(=O)N4C)cc3c(=O)c2c1. The molecule has 1 atom stereocenters. The number of allylic oxidation sites excluding steroid dienone is 1. The molecule has 3 aromatic rings. The van der Waals surface area contributed by atoms with Gasteiger partial charge < -0.3 is 20.9 Å². The van der Waals surface area contributed by atoms with Crippen LogP contribution in [-0.2, 0) is 4.79 Å². The molecule has 1 unspecified atom stereocenters. The van der Waals surface area contributed by atoms with E-state index in [0.717, 1.165) is 17.5 Å². The number of likely N-dealkylation sites (N-methyl/N-ethyl adjacent to an activating group) is 1. The van der Waals surface area contributed by atoms with Crippen LogP contribution in [0.15, 0.2) is 53.6 Å². The minimum atomic E-state index is -0.102. The number of benzene rings is 1. The van der Waals surface area contributed by atoms with Crippen LogP contribution in [0, 0.1) is 5.41 Å². The molecule has 2 aromatic carbocycles. The second-order valence-corrected chi connectivity index (χ2v) is 7.73. The predicted octanol–water partition coefficient (Wildman–Crippen LogP) is 2.99. The Balaban J connectivity index is 1.75. The Morgan fingerprint density at radius 3 is 2.74 bits per heavy atom. The van der Waals surface area contributed by atoms with Gasteiger partial charge in [-0.2, -0.15) is 0 Å². The molecule has 1 saturated heterocycles. The van der Waals surface area contributed by atoms with Gasteiger partial charge in [-0.3, -0.25) is 14.6 Å². The molecule has 0 saturated carbocycles. The number of amides is 1. The van der Waals surface area contributed by atoms with Gasteiger partial charge in [-0.15, -0.1) is 0 Å². The van der Waals surface area contributed by atoms with Crippen molar-refractivity contribution in [1.82, 2.24) is 15.2 Å². The topological polar surface area (TPSA) is 98.2 Å². The monoisotopic (exact) mass is 415 g/mol. The minimum absolute atomic E-state index is 0.102. The van der Waals surface area contributed by atoms with Crippen molar-refractivity contribution in [3.8, 4) is 0 Å². The molecule has 1 amide bonds. The average molecular weight is 415 g/mol. The Kier molecular flexibility index (Phi) is 5.66. The Morgan fingerprint density at radius 1 is 1.23 bits per heavy atom. The Hall–Kier alpha value is -3.74. The third-order valence-corrected chi connectivity index (χ3v) is 5.84. The molecule has 0 spiro atoms. The number of anilines is 1. The largest absolute Gasteiger partial charge is 0.393 e. The number of nitrogens with zero attached hydrogens (tertiary/aromatic N) is 2. The quantitative estimate of drug-likeness (QED) is 0.538. The number of nitrogens with one attached hydrogen (secondary N) is 3. The van der Waals surface area contributed by atoms with Crippen LogP contribution in [0.25, 0.3) is 27.2 Å². The Morgan fingerprint density at radius 2 is 2.03 bits per heavy atom. The molecule has 0 aliphatic carbocycles. The van der Waals surface area contributed by atoms with E-state index in [1.54, 1.807) is 30.4 Å². The molecule has 4 rings (SSSR count). The van der Waals surface area contributed by atoms with Gasteiger partial charge >= 0.3 is 0 Å². The van der Waals surface area contributed by atoms with Crippen LogP contribution in [0.4, 0.5) is 5.69 Å². The number of hydrogen-bond acceptors (Lipinski definition) is 6. The van der Waals surface area contributed by atoms with E-state index >= 15 is 0 Å². The summed E-state index contributed by atoms with van der Waals surface area (Å²) in [5.74, 6) is 0.172. The van der Waals surface area contributed by atoms with E-state index < -0.39 is 0 Å². The van der Waals surface area contributed by atoms with Crippen molar-refractivity contribution >= 4 is 45.1 Å². The van der Waals surface area contributed by atoms with Crippen molar-refractivity contribution in [3.63, 3.8) is 0 Å². The van der Waals surface area contributed by atoms with Crippen LogP contribution in [0.1, 0.15) is 18.4 Å². The molecule has 0 bridgehead atoms. The first kappa shape index (κ1) is 20.5. The summed E-state index contributed by atoms with van der Waals surface area (Å²) in [6.07, 6.45) is 6.04. The molecule has 1 aliphatic heterocycles. The van der Waals surface area contributed by atoms with Crippen LogP contribution in [0.3, 0.4) is 0 Å². The lowest BCUT2D eigenvalue weighted by atomic mass is 10.1. The standard InChI is InChI=1S/C24H25N5O2/c1-26-12-17(11-25)16-9-21-22(28-13-16)7-4-15-3-5-18(10-20(15)24(21)31)27-14-19-6-8-23(30)29(19)2/h3-5,7,9-13,19,25-27H,6,8,14H2,1-2H3/b17-12+,25-11?. The van der Waals surface area contributed by atoms with E-state index in [4.69, 9.17) is 5.41 Å². The van der Waals surface area contributed by atoms with Gasteiger partial charge in [0, 0.05) is 79.3 Å². The highest BCUT2D eigenvalue weighted by molar-refractivity contribution is 6.09. The summed E-state index contributed by atoms with van der Waals surface area (Å²) < 4.78 is 0. The number of hydrogen-bond donors (Lipinski definition) is 3. The molecule has 31 heavy (non-hydrogen) atoms. The van der Waals surface area contributed by atoms with Crippen molar-refractivity contribution in [2.24, 2.45) is 0 Å². The van der Waals surface area contributed by atoms with Crippen molar-refractivity contribution in [1.29, 1.82) is 5.41 Å². The zero-order chi connectivity index (χ0) is 22.0. The van der Waals surface area contributed by atoms with E-state index in [1.807, 2.05) is 37.4 Å². The van der Waals surface area contributed by atoms with Crippen LogP contribution in [0.5, 0.6) is 0 Å². The Labute approximate surface area is 180 Å². The van der Waals surface area contributed by atoms with Gasteiger partial charge in [-0.1, -0.05) is 12.1 Å². The third-order valence-electron chi connectivity index (χ3n) is 5.84. The number of carbonyl (C=O) groups excluding carboxylic acids is 1. The molecular formula is C24H25N5O2. The van der Waals surface area contributed by atoms with Gasteiger partial charge in [0.25, 0.3) is 0 Å². The number of carbonyl (C=O) groups is 1. The van der Waals surface area contributed by atoms with Gasteiger partial charge in [0.05, 0.1) is 5.52 Å². The summed E-state index contributed by atoms with van der Waals surface area (Å²) in [6.45, 7) is 0.644. The maximum absolute atomic E-state index is 13.4. The molecule has 1 aliphatic rings. The van der Waals surface area contributed by atoms with Crippen LogP contribution < -0.4 is 16.1 Å². The van der Waals surface area contributed by atoms with Crippen molar-refractivity contribution in [2.45, 2.75) is 18.9 Å². The third kappa shape index (κ3) is 3.99. The zero-order valence-electron chi connectivity index (χ0n) is 17.6. The smallest absolute Gasteiger partial charge is 0.222 e. The molecule has 1 aromatic heterocycles. The fraction of sp³-hybridized carbons (Fsp3) is 0.250. The van der Waals surface area contributed by atoms with Crippen LogP contribution in [-0.4, -0.2) is 48.7 Å². The van der Waals surface area contributed by atoms with Gasteiger partial charge in [0.1, 0.15) is 0 Å². The molecular weight excluding hydrogens is 390 g/mol. The maximum atomic E-state index is 13.4. The van der Waals surface area contributed by atoms with Gasteiger partial charge in [0.15, 0.2) is 5.43 Å². The van der Waals surface area contributed by atoms with E-state index in [-0.39, 0.29) is 17.4 Å². The zero-order valence-corrected chi connectivity index (χ0v) is 17.6. The first-order chi connectivity index (χ1) is 15.0. The molecule has 7 nitrogen and oxygen atoms in total. The molecule has 158 valence electrons. The fourth-order valence-corrected chi connectivity index (χ4v) is 3.97.